The predicted octanol–water partition coefficient (Wildman–Crippen LogP) is 3.92. The summed E-state index contributed by atoms with van der Waals surface area (Å²) in [6, 6.07) is 15.7. The second kappa shape index (κ2) is 7.55. The van der Waals surface area contributed by atoms with Crippen LogP contribution in [0, 0.1) is 0 Å². The van der Waals surface area contributed by atoms with E-state index in [0.29, 0.717) is 6.54 Å². The van der Waals surface area contributed by atoms with E-state index >= 15 is 0 Å². The number of nitrogens with one attached hydrogen (secondary N) is 1. The van der Waals surface area contributed by atoms with Crippen molar-refractivity contribution in [3.63, 3.8) is 0 Å². The SMILES string of the molecule is CN(CCF)c1ccc(C=Nc2ccc(-c3c[nH+]co3)cc2)cc1. The Labute approximate surface area is 140 Å². The van der Waals surface area contributed by atoms with E-state index in [1.807, 2.05) is 66.7 Å². The monoisotopic (exact) mass is 324 g/mol. The molecule has 0 saturated heterocycles. The molecular formula is C19H19FN3O+. The molecule has 0 saturated carbocycles. The zero-order valence-electron chi connectivity index (χ0n) is 13.4. The maximum Gasteiger partial charge on any atom is 0.333 e. The highest BCUT2D eigenvalue weighted by Gasteiger charge is 2.04. The van der Waals surface area contributed by atoms with Crippen molar-refractivity contribution in [3.05, 3.63) is 66.7 Å². The van der Waals surface area contributed by atoms with Gasteiger partial charge in [0.05, 0.1) is 5.69 Å². The van der Waals surface area contributed by atoms with Gasteiger partial charge < -0.3 is 9.32 Å². The number of alkyl halides is 1. The second-order valence-electron chi connectivity index (χ2n) is 5.42. The van der Waals surface area contributed by atoms with Crippen molar-refractivity contribution in [1.29, 1.82) is 0 Å². The van der Waals surface area contributed by atoms with Gasteiger partial charge in [-0.15, -0.1) is 0 Å². The number of rotatable bonds is 6. The van der Waals surface area contributed by atoms with Crippen molar-refractivity contribution in [2.24, 2.45) is 4.99 Å². The van der Waals surface area contributed by atoms with Gasteiger partial charge in [-0.2, -0.15) is 4.98 Å². The van der Waals surface area contributed by atoms with Crippen LogP contribution in [0.25, 0.3) is 11.3 Å². The first-order chi connectivity index (χ1) is 11.8. The molecule has 1 N–H and O–H groups in total. The van der Waals surface area contributed by atoms with Gasteiger partial charge in [-0.05, 0) is 42.0 Å². The lowest BCUT2D eigenvalue weighted by Crippen LogP contribution is -2.19. The third-order valence-electron chi connectivity index (χ3n) is 3.74. The lowest BCUT2D eigenvalue weighted by atomic mass is 10.1. The Balaban J connectivity index is 1.67. The van der Waals surface area contributed by atoms with E-state index in [1.165, 1.54) is 6.39 Å². The van der Waals surface area contributed by atoms with Gasteiger partial charge in [-0.25, -0.2) is 4.39 Å². The Kier molecular flexibility index (Phi) is 5.01. The van der Waals surface area contributed by atoms with Crippen molar-refractivity contribution in [3.8, 4) is 11.3 Å². The molecule has 0 aliphatic heterocycles. The van der Waals surface area contributed by atoms with Gasteiger partial charge in [0.2, 0.25) is 12.0 Å². The van der Waals surface area contributed by atoms with Gasteiger partial charge >= 0.3 is 6.39 Å². The van der Waals surface area contributed by atoms with Crippen LogP contribution in [0.5, 0.6) is 0 Å². The summed E-state index contributed by atoms with van der Waals surface area (Å²) in [7, 11) is 1.88. The normalized spacial score (nSPS) is 11.1. The highest BCUT2D eigenvalue weighted by Crippen LogP contribution is 2.21. The summed E-state index contributed by atoms with van der Waals surface area (Å²) in [5.74, 6) is 0.790. The standard InChI is InChI=1S/C19H18FN3O/c1-23(11-10-20)18-8-2-15(3-9-18)12-22-17-6-4-16(5-7-17)19-13-21-14-24-19/h2-9,12-14H,10-11H2,1H3/p+1. The van der Waals surface area contributed by atoms with Crippen molar-refractivity contribution >= 4 is 17.6 Å². The molecule has 0 aliphatic carbocycles. The fourth-order valence-corrected chi connectivity index (χ4v) is 2.32. The average Bonchev–Trinajstić information content (AvgIpc) is 3.16. The van der Waals surface area contributed by atoms with Crippen LogP contribution in [0.15, 0.2) is 70.5 Å². The smallest absolute Gasteiger partial charge is 0.333 e. The molecule has 0 amide bonds. The molecule has 2 aromatic carbocycles. The van der Waals surface area contributed by atoms with Crippen LogP contribution in [0.1, 0.15) is 5.56 Å². The molecule has 122 valence electrons. The quantitative estimate of drug-likeness (QED) is 0.645. The minimum absolute atomic E-state index is 0.355. The number of oxazole rings is 1. The van der Waals surface area contributed by atoms with Crippen LogP contribution in [-0.4, -0.2) is 26.5 Å². The van der Waals surface area contributed by atoms with E-state index in [2.05, 4.69) is 9.98 Å². The molecule has 0 atom stereocenters. The van der Waals surface area contributed by atoms with Crippen LogP contribution in [-0.2, 0) is 0 Å². The van der Waals surface area contributed by atoms with E-state index in [0.717, 1.165) is 28.3 Å². The van der Waals surface area contributed by atoms with Gasteiger partial charge in [-0.3, -0.25) is 4.99 Å². The Morgan fingerprint density at radius 3 is 2.50 bits per heavy atom. The topological polar surface area (TPSA) is 42.9 Å². The summed E-state index contributed by atoms with van der Waals surface area (Å²) in [6.45, 7) is 0.0406. The van der Waals surface area contributed by atoms with E-state index in [9.17, 15) is 4.39 Å². The lowest BCUT2D eigenvalue weighted by Gasteiger charge is -2.17. The van der Waals surface area contributed by atoms with Crippen molar-refractivity contribution in [2.45, 2.75) is 0 Å². The largest absolute Gasteiger partial charge is 0.404 e. The zero-order chi connectivity index (χ0) is 16.8. The fourth-order valence-electron chi connectivity index (χ4n) is 2.32. The third-order valence-corrected chi connectivity index (χ3v) is 3.74. The van der Waals surface area contributed by atoms with Crippen molar-refractivity contribution in [1.82, 2.24) is 0 Å². The van der Waals surface area contributed by atoms with Crippen LogP contribution in [0.4, 0.5) is 15.8 Å². The first-order valence-electron chi connectivity index (χ1n) is 7.72. The number of aromatic amines is 1. The van der Waals surface area contributed by atoms with E-state index in [1.54, 1.807) is 6.20 Å². The number of aromatic nitrogens is 1. The molecule has 4 nitrogen and oxygen atoms in total. The molecular weight excluding hydrogens is 305 g/mol. The zero-order valence-corrected chi connectivity index (χ0v) is 13.4. The fraction of sp³-hybridized carbons (Fsp3) is 0.158. The number of nitrogens with zero attached hydrogens (tertiary/aromatic N) is 2. The summed E-state index contributed by atoms with van der Waals surface area (Å²) in [5, 5.41) is 0. The van der Waals surface area contributed by atoms with Gasteiger partial charge in [0.1, 0.15) is 6.67 Å². The second-order valence-corrected chi connectivity index (χ2v) is 5.42. The first kappa shape index (κ1) is 15.9. The van der Waals surface area contributed by atoms with Crippen LogP contribution in [0.2, 0.25) is 0 Å². The molecule has 3 rings (SSSR count). The van der Waals surface area contributed by atoms with Gasteiger partial charge in [0, 0.05) is 31.1 Å². The Hall–Kier alpha value is -2.95. The van der Waals surface area contributed by atoms with Crippen LogP contribution >= 0.6 is 0 Å². The predicted molar refractivity (Wildman–Crippen MR) is 93.6 cm³/mol. The van der Waals surface area contributed by atoms with Gasteiger partial charge in [-0.1, -0.05) is 12.1 Å². The lowest BCUT2D eigenvalue weighted by molar-refractivity contribution is -0.383. The molecule has 5 heteroatoms. The summed E-state index contributed by atoms with van der Waals surface area (Å²) < 4.78 is 17.7. The number of halogens is 1. The highest BCUT2D eigenvalue weighted by molar-refractivity contribution is 5.82. The third kappa shape index (κ3) is 3.87. The molecule has 0 fully saturated rings. The van der Waals surface area contributed by atoms with Crippen molar-refractivity contribution < 1.29 is 13.8 Å². The Bertz CT molecular complexity index is 780. The van der Waals surface area contributed by atoms with Crippen LogP contribution in [0.3, 0.4) is 0 Å². The number of aliphatic imine (C=N–C) groups is 1. The molecule has 0 radical (unpaired) electrons. The number of hydrogen-bond acceptors (Lipinski definition) is 3. The Morgan fingerprint density at radius 1 is 1.12 bits per heavy atom. The molecule has 0 spiro atoms. The minimum atomic E-state index is -0.355. The molecule has 1 heterocycles. The van der Waals surface area contributed by atoms with E-state index in [4.69, 9.17) is 4.42 Å². The molecule has 3 aromatic rings. The number of anilines is 1. The Morgan fingerprint density at radius 2 is 1.88 bits per heavy atom. The minimum Gasteiger partial charge on any atom is -0.404 e. The summed E-state index contributed by atoms with van der Waals surface area (Å²) >= 11 is 0. The molecule has 0 aliphatic rings. The highest BCUT2D eigenvalue weighted by atomic mass is 19.1. The average molecular weight is 324 g/mol. The molecule has 24 heavy (non-hydrogen) atoms. The molecule has 0 unspecified atom stereocenters. The number of benzene rings is 2. The van der Waals surface area contributed by atoms with Gasteiger partial charge in [0.15, 0.2) is 0 Å². The van der Waals surface area contributed by atoms with E-state index < -0.39 is 0 Å². The molecule has 0 bridgehead atoms. The summed E-state index contributed by atoms with van der Waals surface area (Å²) in [4.78, 5) is 9.24. The summed E-state index contributed by atoms with van der Waals surface area (Å²) in [6.07, 6.45) is 5.16. The molecule has 1 aromatic heterocycles. The van der Waals surface area contributed by atoms with Gasteiger partial charge in [0.25, 0.3) is 0 Å². The van der Waals surface area contributed by atoms with Crippen molar-refractivity contribution in [2.75, 3.05) is 25.2 Å². The van der Waals surface area contributed by atoms with E-state index in [-0.39, 0.29) is 6.67 Å². The maximum atomic E-state index is 12.4. The first-order valence-corrected chi connectivity index (χ1v) is 7.72. The number of hydrogen-bond donors (Lipinski definition) is 0. The van der Waals surface area contributed by atoms with Crippen LogP contribution < -0.4 is 9.88 Å². The maximum absolute atomic E-state index is 12.4. The summed E-state index contributed by atoms with van der Waals surface area (Å²) in [5.41, 5.74) is 3.85. The number of H-pyrrole nitrogens is 1.